The van der Waals surface area contributed by atoms with Crippen LogP contribution in [0.2, 0.25) is 0 Å². The molecule has 4 aromatic rings. The van der Waals surface area contributed by atoms with Gasteiger partial charge in [-0.1, -0.05) is 44.2 Å². The summed E-state index contributed by atoms with van der Waals surface area (Å²) in [6, 6.07) is 12.9. The maximum Gasteiger partial charge on any atom is 0.223 e. The van der Waals surface area contributed by atoms with Gasteiger partial charge in [0.1, 0.15) is 17.6 Å². The molecule has 1 aliphatic heterocycles. The Morgan fingerprint density at radius 2 is 2.00 bits per heavy atom. The van der Waals surface area contributed by atoms with E-state index in [1.807, 2.05) is 6.07 Å². The Labute approximate surface area is 175 Å². The number of nitrogen functional groups attached to an aromatic ring is 1. The molecule has 0 atom stereocenters. The zero-order chi connectivity index (χ0) is 20.9. The molecular formula is C23H26N6O. The zero-order valence-electron chi connectivity index (χ0n) is 17.6. The van der Waals surface area contributed by atoms with Gasteiger partial charge < -0.3 is 10.5 Å². The van der Waals surface area contributed by atoms with E-state index in [9.17, 15) is 0 Å². The summed E-state index contributed by atoms with van der Waals surface area (Å²) in [6.07, 6.45) is 2.40. The number of benzene rings is 2. The number of nitrogens with zero attached hydrogens (tertiary/aromatic N) is 5. The Balaban J connectivity index is 1.50. The van der Waals surface area contributed by atoms with E-state index in [2.05, 4.69) is 64.1 Å². The monoisotopic (exact) mass is 402 g/mol. The van der Waals surface area contributed by atoms with Crippen molar-refractivity contribution in [3.8, 4) is 5.75 Å². The quantitative estimate of drug-likeness (QED) is 0.565. The van der Waals surface area contributed by atoms with Gasteiger partial charge in [-0.15, -0.1) is 0 Å². The third kappa shape index (κ3) is 2.97. The van der Waals surface area contributed by atoms with E-state index in [-0.39, 0.29) is 5.41 Å². The van der Waals surface area contributed by atoms with Crippen molar-refractivity contribution in [2.24, 2.45) is 0 Å². The number of aromatic nitrogens is 4. The van der Waals surface area contributed by atoms with Crippen molar-refractivity contribution in [1.29, 1.82) is 0 Å². The van der Waals surface area contributed by atoms with E-state index in [4.69, 9.17) is 10.5 Å². The van der Waals surface area contributed by atoms with Crippen LogP contribution in [-0.4, -0.2) is 44.7 Å². The molecule has 0 radical (unpaired) electrons. The molecule has 0 saturated carbocycles. The van der Waals surface area contributed by atoms with Crippen LogP contribution in [-0.2, 0) is 18.4 Å². The van der Waals surface area contributed by atoms with Crippen molar-refractivity contribution < 1.29 is 4.74 Å². The van der Waals surface area contributed by atoms with Gasteiger partial charge in [-0.25, -0.2) is 9.97 Å². The van der Waals surface area contributed by atoms with Crippen LogP contribution in [0.25, 0.3) is 16.6 Å². The summed E-state index contributed by atoms with van der Waals surface area (Å²) in [5.74, 6) is 0.999. The average Bonchev–Trinajstić information content (AvgIpc) is 3.22. The standard InChI is InChI=1S/C23H26N6O/c1-23(2)13-28(12-16-6-4-5-7-17(16)23)11-10-15-8-9-18(30-3)20-19(15)21-25-14-26-29(21)22(24)27-20/h4-9,14H,10-13H2,1-3H3,(H2,24,27). The van der Waals surface area contributed by atoms with E-state index in [0.29, 0.717) is 11.7 Å². The average molecular weight is 403 g/mol. The first kappa shape index (κ1) is 18.8. The number of hydrogen-bond acceptors (Lipinski definition) is 6. The topological polar surface area (TPSA) is 81.6 Å². The molecule has 0 saturated heterocycles. The summed E-state index contributed by atoms with van der Waals surface area (Å²) in [5, 5.41) is 5.18. The van der Waals surface area contributed by atoms with E-state index >= 15 is 0 Å². The van der Waals surface area contributed by atoms with Gasteiger partial charge in [0.2, 0.25) is 5.95 Å². The predicted molar refractivity (Wildman–Crippen MR) is 118 cm³/mol. The Morgan fingerprint density at radius 1 is 1.17 bits per heavy atom. The van der Waals surface area contributed by atoms with Gasteiger partial charge in [0, 0.05) is 25.0 Å². The fraction of sp³-hybridized carbons (Fsp3) is 0.348. The van der Waals surface area contributed by atoms with Crippen molar-refractivity contribution >= 4 is 22.5 Å². The molecule has 7 nitrogen and oxygen atoms in total. The lowest BCUT2D eigenvalue weighted by Gasteiger charge is -2.40. The summed E-state index contributed by atoms with van der Waals surface area (Å²) in [6.45, 7) is 7.60. The van der Waals surface area contributed by atoms with Crippen LogP contribution in [0.4, 0.5) is 5.95 Å². The third-order valence-electron chi connectivity index (χ3n) is 6.12. The van der Waals surface area contributed by atoms with Crippen molar-refractivity contribution in [3.05, 3.63) is 59.4 Å². The number of ether oxygens (including phenoxy) is 1. The van der Waals surface area contributed by atoms with Crippen molar-refractivity contribution in [2.45, 2.75) is 32.2 Å². The lowest BCUT2D eigenvalue weighted by Crippen LogP contribution is -2.42. The molecule has 2 aromatic carbocycles. The first-order valence-electron chi connectivity index (χ1n) is 10.2. The molecule has 2 N–H and O–H groups in total. The third-order valence-corrected chi connectivity index (χ3v) is 6.12. The molecule has 0 bridgehead atoms. The first-order valence-corrected chi connectivity index (χ1v) is 10.2. The zero-order valence-corrected chi connectivity index (χ0v) is 17.6. The maximum absolute atomic E-state index is 6.09. The number of rotatable bonds is 4. The van der Waals surface area contributed by atoms with Crippen molar-refractivity contribution in [1.82, 2.24) is 24.5 Å². The molecule has 2 aromatic heterocycles. The molecule has 0 fully saturated rings. The van der Waals surface area contributed by atoms with E-state index < -0.39 is 0 Å². The predicted octanol–water partition coefficient (Wildman–Crippen LogP) is 3.20. The highest BCUT2D eigenvalue weighted by molar-refractivity contribution is 5.98. The van der Waals surface area contributed by atoms with Gasteiger partial charge >= 0.3 is 0 Å². The van der Waals surface area contributed by atoms with Gasteiger partial charge in [-0.05, 0) is 29.2 Å². The van der Waals surface area contributed by atoms with Gasteiger partial charge in [-0.3, -0.25) is 4.90 Å². The molecule has 1 aliphatic rings. The minimum atomic E-state index is 0.132. The highest BCUT2D eigenvalue weighted by atomic mass is 16.5. The second kappa shape index (κ2) is 6.95. The molecule has 0 amide bonds. The van der Waals surface area contributed by atoms with Crippen molar-refractivity contribution in [3.63, 3.8) is 0 Å². The number of anilines is 1. The first-order chi connectivity index (χ1) is 14.5. The lowest BCUT2D eigenvalue weighted by atomic mass is 9.78. The second-order valence-corrected chi connectivity index (χ2v) is 8.62. The molecule has 7 heteroatoms. The number of fused-ring (bicyclic) bond motifs is 4. The fourth-order valence-electron chi connectivity index (χ4n) is 4.79. The number of nitrogens with two attached hydrogens (primary N) is 1. The van der Waals surface area contributed by atoms with Crippen LogP contribution >= 0.6 is 0 Å². The fourth-order valence-corrected chi connectivity index (χ4v) is 4.79. The van der Waals surface area contributed by atoms with Crippen molar-refractivity contribution in [2.75, 3.05) is 25.9 Å². The normalized spacial score (nSPS) is 16.1. The molecule has 0 unspecified atom stereocenters. The van der Waals surface area contributed by atoms with Gasteiger partial charge in [-0.2, -0.15) is 9.61 Å². The summed E-state index contributed by atoms with van der Waals surface area (Å²) < 4.78 is 7.13. The summed E-state index contributed by atoms with van der Waals surface area (Å²) in [4.78, 5) is 11.5. The van der Waals surface area contributed by atoms with Gasteiger partial charge in [0.25, 0.3) is 0 Å². The summed E-state index contributed by atoms with van der Waals surface area (Å²) in [5.41, 5.74) is 11.7. The molecule has 0 aliphatic carbocycles. The minimum absolute atomic E-state index is 0.132. The molecule has 154 valence electrons. The molecule has 0 spiro atoms. The number of methoxy groups -OCH3 is 1. The second-order valence-electron chi connectivity index (χ2n) is 8.62. The molecular weight excluding hydrogens is 376 g/mol. The Hall–Kier alpha value is -3.19. The van der Waals surface area contributed by atoms with Crippen LogP contribution in [0.1, 0.15) is 30.5 Å². The Kier molecular flexibility index (Phi) is 4.36. The highest BCUT2D eigenvalue weighted by Gasteiger charge is 2.31. The van der Waals surface area contributed by atoms with E-state index in [1.54, 1.807) is 11.6 Å². The largest absolute Gasteiger partial charge is 0.494 e. The Morgan fingerprint density at radius 3 is 2.83 bits per heavy atom. The highest BCUT2D eigenvalue weighted by Crippen LogP contribution is 2.34. The molecule has 5 rings (SSSR count). The van der Waals surface area contributed by atoms with Crippen LogP contribution in [0.15, 0.2) is 42.7 Å². The SMILES string of the molecule is COc1ccc(CCN2Cc3ccccc3C(C)(C)C2)c2c1nc(N)n1ncnc21. The van der Waals surface area contributed by atoms with Gasteiger partial charge in [0.05, 0.1) is 12.5 Å². The van der Waals surface area contributed by atoms with Crippen LogP contribution in [0, 0.1) is 0 Å². The van der Waals surface area contributed by atoms with Gasteiger partial charge in [0.15, 0.2) is 5.65 Å². The summed E-state index contributed by atoms with van der Waals surface area (Å²) >= 11 is 0. The smallest absolute Gasteiger partial charge is 0.223 e. The molecule has 30 heavy (non-hydrogen) atoms. The maximum atomic E-state index is 6.09. The molecule has 3 heterocycles. The lowest BCUT2D eigenvalue weighted by molar-refractivity contribution is 0.196. The van der Waals surface area contributed by atoms with Crippen LogP contribution in [0.3, 0.4) is 0 Å². The van der Waals surface area contributed by atoms with E-state index in [1.165, 1.54) is 23.0 Å². The van der Waals surface area contributed by atoms with E-state index in [0.717, 1.165) is 42.6 Å². The minimum Gasteiger partial charge on any atom is -0.494 e. The van der Waals surface area contributed by atoms with Crippen LogP contribution < -0.4 is 10.5 Å². The number of hydrogen-bond donors (Lipinski definition) is 1. The summed E-state index contributed by atoms with van der Waals surface area (Å²) in [7, 11) is 1.65. The van der Waals surface area contributed by atoms with Crippen LogP contribution in [0.5, 0.6) is 5.75 Å². The Bertz CT molecular complexity index is 1250.